The fraction of sp³-hybridized carbons (Fsp3) is 0.538. The summed E-state index contributed by atoms with van der Waals surface area (Å²) in [5, 5.41) is 0. The fourth-order valence-electron chi connectivity index (χ4n) is 1.59. The molecule has 0 aromatic heterocycles. The van der Waals surface area contributed by atoms with Crippen molar-refractivity contribution in [3.8, 4) is 0 Å². The van der Waals surface area contributed by atoms with Crippen LogP contribution in [0.1, 0.15) is 31.9 Å². The van der Waals surface area contributed by atoms with E-state index in [1.54, 1.807) is 0 Å². The van der Waals surface area contributed by atoms with E-state index >= 15 is 0 Å². The molecule has 1 heteroatoms. The van der Waals surface area contributed by atoms with E-state index in [1.807, 2.05) is 0 Å². The van der Waals surface area contributed by atoms with Gasteiger partial charge in [-0.1, -0.05) is 45.0 Å². The summed E-state index contributed by atoms with van der Waals surface area (Å²) in [6.07, 6.45) is 1.57. The first kappa shape index (κ1) is 9.72. The van der Waals surface area contributed by atoms with Gasteiger partial charge in [-0.25, -0.2) is 0 Å². The minimum atomic E-state index is 0.259. The lowest BCUT2D eigenvalue weighted by atomic mass is 9.86. The van der Waals surface area contributed by atoms with Crippen LogP contribution in [0.25, 0.3) is 0 Å². The van der Waals surface area contributed by atoms with Gasteiger partial charge in [0.2, 0.25) is 0 Å². The molecule has 76 valence electrons. The highest BCUT2D eigenvalue weighted by Gasteiger charge is 2.22. The lowest BCUT2D eigenvalue weighted by Crippen LogP contribution is -2.10. The van der Waals surface area contributed by atoms with E-state index in [1.165, 1.54) is 11.1 Å². The Morgan fingerprint density at radius 2 is 1.79 bits per heavy atom. The molecule has 1 aliphatic rings. The van der Waals surface area contributed by atoms with Crippen molar-refractivity contribution < 1.29 is 4.74 Å². The minimum Gasteiger partial charge on any atom is -0.373 e. The molecule has 14 heavy (non-hydrogen) atoms. The molecule has 0 saturated carbocycles. The first-order valence-electron chi connectivity index (χ1n) is 5.27. The monoisotopic (exact) mass is 190 g/mol. The first-order valence-corrected chi connectivity index (χ1v) is 5.27. The van der Waals surface area contributed by atoms with E-state index in [2.05, 4.69) is 45.0 Å². The van der Waals surface area contributed by atoms with E-state index in [0.29, 0.717) is 6.10 Å². The van der Waals surface area contributed by atoms with E-state index in [4.69, 9.17) is 4.74 Å². The predicted molar refractivity (Wildman–Crippen MR) is 58.6 cm³/mol. The molecule has 0 aliphatic carbocycles. The number of benzene rings is 1. The van der Waals surface area contributed by atoms with E-state index in [0.717, 1.165) is 13.0 Å². The normalized spacial score (nSPS) is 20.9. The van der Waals surface area contributed by atoms with Crippen LogP contribution >= 0.6 is 0 Å². The number of rotatable bonds is 2. The number of hydrogen-bond donors (Lipinski definition) is 0. The van der Waals surface area contributed by atoms with Crippen LogP contribution in [-0.4, -0.2) is 12.7 Å². The molecule has 1 saturated heterocycles. The van der Waals surface area contributed by atoms with Gasteiger partial charge < -0.3 is 4.74 Å². The lowest BCUT2D eigenvalue weighted by molar-refractivity contribution is 0.407. The van der Waals surface area contributed by atoms with Crippen molar-refractivity contribution in [1.29, 1.82) is 0 Å². The molecular weight excluding hydrogens is 172 g/mol. The van der Waals surface area contributed by atoms with Crippen LogP contribution in [0.15, 0.2) is 24.3 Å². The van der Waals surface area contributed by atoms with E-state index in [-0.39, 0.29) is 5.41 Å². The molecule has 1 fully saturated rings. The molecule has 1 aliphatic heterocycles. The van der Waals surface area contributed by atoms with Crippen molar-refractivity contribution in [3.05, 3.63) is 35.4 Å². The average Bonchev–Trinajstić information content (AvgIpc) is 2.88. The second-order valence-corrected chi connectivity index (χ2v) is 5.11. The number of epoxide rings is 1. The van der Waals surface area contributed by atoms with Crippen LogP contribution in [0, 0.1) is 0 Å². The molecule has 1 atom stereocenters. The van der Waals surface area contributed by atoms with Crippen molar-refractivity contribution in [1.82, 2.24) is 0 Å². The average molecular weight is 190 g/mol. The summed E-state index contributed by atoms with van der Waals surface area (Å²) in [6.45, 7) is 7.67. The lowest BCUT2D eigenvalue weighted by Gasteiger charge is -2.19. The van der Waals surface area contributed by atoms with Crippen molar-refractivity contribution in [3.63, 3.8) is 0 Å². The Kier molecular flexibility index (Phi) is 2.36. The maximum absolute atomic E-state index is 5.21. The molecule has 1 heterocycles. The molecule has 0 spiro atoms. The quantitative estimate of drug-likeness (QED) is 0.653. The van der Waals surface area contributed by atoms with Gasteiger partial charge in [-0.3, -0.25) is 0 Å². The molecule has 2 rings (SSSR count). The van der Waals surface area contributed by atoms with Crippen molar-refractivity contribution in [2.75, 3.05) is 6.61 Å². The Labute approximate surface area is 86.1 Å². The Morgan fingerprint density at radius 1 is 1.21 bits per heavy atom. The van der Waals surface area contributed by atoms with Crippen LogP contribution in [0.3, 0.4) is 0 Å². The molecule has 0 radical (unpaired) electrons. The summed E-state index contributed by atoms with van der Waals surface area (Å²) >= 11 is 0. The fourth-order valence-corrected chi connectivity index (χ4v) is 1.59. The van der Waals surface area contributed by atoms with Crippen molar-refractivity contribution >= 4 is 0 Å². The van der Waals surface area contributed by atoms with Gasteiger partial charge in [0.25, 0.3) is 0 Å². The summed E-state index contributed by atoms with van der Waals surface area (Å²) < 4.78 is 5.21. The topological polar surface area (TPSA) is 12.5 Å². The van der Waals surface area contributed by atoms with Crippen molar-refractivity contribution in [2.45, 2.75) is 38.7 Å². The summed E-state index contributed by atoms with van der Waals surface area (Å²) in [5.74, 6) is 0. The maximum atomic E-state index is 5.21. The van der Waals surface area contributed by atoms with Gasteiger partial charge in [-0.05, 0) is 16.5 Å². The molecular formula is C13H18O. The second kappa shape index (κ2) is 3.39. The van der Waals surface area contributed by atoms with Crippen LogP contribution in [-0.2, 0) is 16.6 Å². The van der Waals surface area contributed by atoms with E-state index < -0.39 is 0 Å². The van der Waals surface area contributed by atoms with E-state index in [9.17, 15) is 0 Å². The van der Waals surface area contributed by atoms with Gasteiger partial charge in [0, 0.05) is 6.42 Å². The number of ether oxygens (including phenoxy) is 1. The third-order valence-corrected chi connectivity index (χ3v) is 2.69. The smallest absolute Gasteiger partial charge is 0.0850 e. The number of hydrogen-bond acceptors (Lipinski definition) is 1. The predicted octanol–water partition coefficient (Wildman–Crippen LogP) is 2.93. The highest BCUT2D eigenvalue weighted by Crippen LogP contribution is 2.23. The third kappa shape index (κ3) is 2.36. The summed E-state index contributed by atoms with van der Waals surface area (Å²) in [6, 6.07) is 8.92. The SMILES string of the molecule is CC(C)(C)c1ccc(C[C@H]2CO2)cc1. The summed E-state index contributed by atoms with van der Waals surface area (Å²) in [4.78, 5) is 0. The van der Waals surface area contributed by atoms with Gasteiger partial charge in [0.15, 0.2) is 0 Å². The van der Waals surface area contributed by atoms with Crippen LogP contribution in [0.2, 0.25) is 0 Å². The zero-order valence-corrected chi connectivity index (χ0v) is 9.21. The highest BCUT2D eigenvalue weighted by atomic mass is 16.6. The molecule has 1 aromatic rings. The Balaban J connectivity index is 2.08. The van der Waals surface area contributed by atoms with Crippen LogP contribution in [0.5, 0.6) is 0 Å². The third-order valence-electron chi connectivity index (χ3n) is 2.69. The second-order valence-electron chi connectivity index (χ2n) is 5.11. The molecule has 0 amide bonds. The largest absolute Gasteiger partial charge is 0.373 e. The van der Waals surface area contributed by atoms with Crippen LogP contribution < -0.4 is 0 Å². The molecule has 0 N–H and O–H groups in total. The molecule has 0 bridgehead atoms. The Morgan fingerprint density at radius 3 is 2.21 bits per heavy atom. The van der Waals surface area contributed by atoms with Gasteiger partial charge in [-0.2, -0.15) is 0 Å². The van der Waals surface area contributed by atoms with Gasteiger partial charge in [0.1, 0.15) is 0 Å². The highest BCUT2D eigenvalue weighted by molar-refractivity contribution is 5.28. The zero-order valence-electron chi connectivity index (χ0n) is 9.21. The first-order chi connectivity index (χ1) is 6.55. The minimum absolute atomic E-state index is 0.259. The Hall–Kier alpha value is -0.820. The Bertz CT molecular complexity index is 301. The molecule has 0 unspecified atom stereocenters. The van der Waals surface area contributed by atoms with Crippen LogP contribution in [0.4, 0.5) is 0 Å². The summed E-state index contributed by atoms with van der Waals surface area (Å²) in [7, 11) is 0. The molecule has 1 aromatic carbocycles. The van der Waals surface area contributed by atoms with Gasteiger partial charge >= 0.3 is 0 Å². The van der Waals surface area contributed by atoms with Crippen molar-refractivity contribution in [2.24, 2.45) is 0 Å². The van der Waals surface area contributed by atoms with Gasteiger partial charge in [-0.15, -0.1) is 0 Å². The molecule has 1 nitrogen and oxygen atoms in total. The van der Waals surface area contributed by atoms with Gasteiger partial charge in [0.05, 0.1) is 12.7 Å². The standard InChI is InChI=1S/C13H18O/c1-13(2,3)11-6-4-10(5-7-11)8-12-9-14-12/h4-7,12H,8-9H2,1-3H3/t12-/m0/s1. The zero-order chi connectivity index (χ0) is 10.2. The summed E-state index contributed by atoms with van der Waals surface area (Å²) in [5.41, 5.74) is 3.05. The maximum Gasteiger partial charge on any atom is 0.0850 e.